The highest BCUT2D eigenvalue weighted by Gasteiger charge is 2.46. The molecule has 1 unspecified atom stereocenters. The van der Waals surface area contributed by atoms with Crippen molar-refractivity contribution in [3.8, 4) is 0 Å². The number of hydrogen-bond acceptors (Lipinski definition) is 1. The molecule has 2 bridgehead atoms. The predicted octanol–water partition coefficient (Wildman–Crippen LogP) is 5.82. The van der Waals surface area contributed by atoms with Crippen molar-refractivity contribution >= 4 is 0 Å². The fourth-order valence-electron chi connectivity index (χ4n) is 5.73. The Hall–Kier alpha value is -1.86. The summed E-state index contributed by atoms with van der Waals surface area (Å²) in [5.74, 6) is 1.12. The van der Waals surface area contributed by atoms with Crippen LogP contribution in [0.15, 0.2) is 60.7 Å². The van der Waals surface area contributed by atoms with Gasteiger partial charge in [-0.05, 0) is 54.4 Å². The molecule has 3 aliphatic rings. The van der Waals surface area contributed by atoms with E-state index in [0.29, 0.717) is 23.9 Å². The van der Waals surface area contributed by atoms with Crippen LogP contribution >= 0.6 is 0 Å². The van der Waals surface area contributed by atoms with Gasteiger partial charge in [0, 0.05) is 24.5 Å². The van der Waals surface area contributed by atoms with Crippen molar-refractivity contribution < 1.29 is 0 Å². The van der Waals surface area contributed by atoms with E-state index in [1.807, 2.05) is 0 Å². The van der Waals surface area contributed by atoms with Gasteiger partial charge in [-0.2, -0.15) is 0 Å². The highest BCUT2D eigenvalue weighted by Crippen LogP contribution is 2.53. The van der Waals surface area contributed by atoms with E-state index in [-0.39, 0.29) is 0 Å². The highest BCUT2D eigenvalue weighted by molar-refractivity contribution is 5.49. The van der Waals surface area contributed by atoms with Crippen LogP contribution in [0.5, 0.6) is 0 Å². The number of nitrogens with zero attached hydrogens (tertiary/aromatic N) is 1. The monoisotopic (exact) mass is 329 g/mol. The summed E-state index contributed by atoms with van der Waals surface area (Å²) in [6.07, 6.45) is 5.19. The molecule has 1 nitrogen and oxygen atoms in total. The molecule has 5 atom stereocenters. The van der Waals surface area contributed by atoms with Gasteiger partial charge in [-0.1, -0.05) is 67.1 Å². The van der Waals surface area contributed by atoms with Crippen molar-refractivity contribution in [1.29, 1.82) is 0 Å². The first-order chi connectivity index (χ1) is 12.3. The maximum absolute atomic E-state index is 4.49. The van der Waals surface area contributed by atoms with Crippen molar-refractivity contribution in [2.24, 2.45) is 5.92 Å². The van der Waals surface area contributed by atoms with E-state index < -0.39 is 0 Å². The van der Waals surface area contributed by atoms with E-state index in [0.717, 1.165) is 6.54 Å². The second kappa shape index (κ2) is 5.85. The molecule has 2 aromatic carbocycles. The van der Waals surface area contributed by atoms with Crippen LogP contribution in [0, 0.1) is 5.92 Å². The molecular formula is C24H27N. The Morgan fingerprint density at radius 1 is 0.920 bits per heavy atom. The van der Waals surface area contributed by atoms with Crippen molar-refractivity contribution in [1.82, 2.24) is 4.90 Å². The maximum atomic E-state index is 4.49. The molecule has 5 rings (SSSR count). The molecule has 1 saturated carbocycles. The molecule has 25 heavy (non-hydrogen) atoms. The Morgan fingerprint density at radius 3 is 2.44 bits per heavy atom. The Kier molecular flexibility index (Phi) is 3.60. The first-order valence-electron chi connectivity index (χ1n) is 9.85. The topological polar surface area (TPSA) is 3.24 Å². The van der Waals surface area contributed by atoms with Gasteiger partial charge >= 0.3 is 0 Å². The van der Waals surface area contributed by atoms with Crippen LogP contribution < -0.4 is 0 Å². The lowest BCUT2D eigenvalue weighted by Gasteiger charge is -2.53. The molecule has 1 aliphatic carbocycles. The van der Waals surface area contributed by atoms with Gasteiger partial charge in [0.05, 0.1) is 0 Å². The number of rotatable bonds is 1. The number of benzene rings is 2. The average molecular weight is 329 g/mol. The summed E-state index contributed by atoms with van der Waals surface area (Å²) in [6.45, 7) is 8.01. The molecule has 1 fully saturated rings. The molecule has 128 valence electrons. The van der Waals surface area contributed by atoms with Crippen LogP contribution in [0.25, 0.3) is 0 Å². The summed E-state index contributed by atoms with van der Waals surface area (Å²) in [6, 6.07) is 19.4. The molecule has 0 radical (unpaired) electrons. The lowest BCUT2D eigenvalue weighted by molar-refractivity contribution is 0.0580. The van der Waals surface area contributed by atoms with E-state index in [9.17, 15) is 0 Å². The van der Waals surface area contributed by atoms with Gasteiger partial charge in [-0.25, -0.2) is 0 Å². The molecule has 0 spiro atoms. The van der Waals surface area contributed by atoms with Gasteiger partial charge in [-0.3, -0.25) is 4.90 Å². The fraction of sp³-hybridized carbons (Fsp3) is 0.417. The summed E-state index contributed by atoms with van der Waals surface area (Å²) < 4.78 is 0. The van der Waals surface area contributed by atoms with Crippen molar-refractivity contribution in [2.45, 2.75) is 57.2 Å². The molecule has 0 aromatic heterocycles. The minimum Gasteiger partial charge on any atom is -0.288 e. The van der Waals surface area contributed by atoms with Crippen LogP contribution in [0.2, 0.25) is 0 Å². The van der Waals surface area contributed by atoms with Crippen LogP contribution in [0.3, 0.4) is 0 Å². The van der Waals surface area contributed by atoms with E-state index in [1.54, 1.807) is 16.7 Å². The van der Waals surface area contributed by atoms with Crippen LogP contribution in [0.4, 0.5) is 0 Å². The molecule has 0 saturated heterocycles. The summed E-state index contributed by atoms with van der Waals surface area (Å²) in [5, 5.41) is 0. The lowest BCUT2D eigenvalue weighted by atomic mass is 9.67. The molecule has 0 amide bonds. The third-order valence-corrected chi connectivity index (χ3v) is 6.92. The second-order valence-corrected chi connectivity index (χ2v) is 8.17. The third kappa shape index (κ3) is 2.25. The van der Waals surface area contributed by atoms with Gasteiger partial charge < -0.3 is 0 Å². The average Bonchev–Trinajstić information content (AvgIpc) is 2.63. The largest absolute Gasteiger partial charge is 0.288 e. The second-order valence-electron chi connectivity index (χ2n) is 8.17. The van der Waals surface area contributed by atoms with E-state index in [2.05, 4.69) is 66.9 Å². The zero-order chi connectivity index (χ0) is 17.0. The minimum absolute atomic E-state index is 0.503. The van der Waals surface area contributed by atoms with E-state index in [1.165, 1.54) is 36.8 Å². The Labute approximate surface area is 151 Å². The molecule has 2 aliphatic heterocycles. The number of fused-ring (bicyclic) bond motifs is 6. The van der Waals surface area contributed by atoms with Gasteiger partial charge in [0.15, 0.2) is 0 Å². The summed E-state index contributed by atoms with van der Waals surface area (Å²) >= 11 is 0. The van der Waals surface area contributed by atoms with E-state index in [4.69, 9.17) is 0 Å². The maximum Gasteiger partial charge on any atom is 0.0422 e. The lowest BCUT2D eigenvalue weighted by Crippen LogP contribution is -2.50. The zero-order valence-corrected chi connectivity index (χ0v) is 15.1. The SMILES string of the molecule is C=C1CCCC[C@H]1[C@H]1c2ccccc2[C@@H]2c3ccccc3CN1[C@H]2C. The minimum atomic E-state index is 0.503. The van der Waals surface area contributed by atoms with Gasteiger partial charge in [0.25, 0.3) is 0 Å². The summed E-state index contributed by atoms with van der Waals surface area (Å²) in [4.78, 5) is 2.79. The predicted molar refractivity (Wildman–Crippen MR) is 104 cm³/mol. The summed E-state index contributed by atoms with van der Waals surface area (Å²) in [5.41, 5.74) is 7.66. The van der Waals surface area contributed by atoms with Crippen LogP contribution in [-0.4, -0.2) is 10.9 Å². The normalized spacial score (nSPS) is 33.5. The third-order valence-electron chi connectivity index (χ3n) is 6.92. The fourth-order valence-corrected chi connectivity index (χ4v) is 5.73. The smallest absolute Gasteiger partial charge is 0.0422 e. The summed E-state index contributed by atoms with van der Waals surface area (Å²) in [7, 11) is 0. The molecular weight excluding hydrogens is 302 g/mol. The van der Waals surface area contributed by atoms with Gasteiger partial charge in [0.2, 0.25) is 0 Å². The molecule has 2 heterocycles. The van der Waals surface area contributed by atoms with Crippen molar-refractivity contribution in [2.75, 3.05) is 0 Å². The van der Waals surface area contributed by atoms with Crippen LogP contribution in [0.1, 0.15) is 66.8 Å². The Balaban J connectivity index is 1.69. The Morgan fingerprint density at radius 2 is 1.64 bits per heavy atom. The highest BCUT2D eigenvalue weighted by atomic mass is 15.2. The van der Waals surface area contributed by atoms with Gasteiger partial charge in [-0.15, -0.1) is 0 Å². The zero-order valence-electron chi connectivity index (χ0n) is 15.1. The standard InChI is InChI=1S/C24H27N/c1-16-9-3-5-11-19(16)24-22-14-8-7-13-21(22)23-17(2)25(24)15-18-10-4-6-12-20(18)23/h4,6-8,10,12-14,17,19,23-24H,1,3,5,9,11,15H2,2H3/t17-,19+,23-,24-/m0/s1. The number of hydrogen-bond donors (Lipinski definition) is 0. The van der Waals surface area contributed by atoms with E-state index >= 15 is 0 Å². The molecule has 0 N–H and O–H groups in total. The first kappa shape index (κ1) is 15.4. The van der Waals surface area contributed by atoms with Crippen molar-refractivity contribution in [3.05, 3.63) is 82.9 Å². The molecule has 1 heteroatoms. The van der Waals surface area contributed by atoms with Crippen LogP contribution in [-0.2, 0) is 6.54 Å². The van der Waals surface area contributed by atoms with Crippen molar-refractivity contribution in [3.63, 3.8) is 0 Å². The first-order valence-corrected chi connectivity index (χ1v) is 9.85. The molecule has 2 aromatic rings. The van der Waals surface area contributed by atoms with Gasteiger partial charge in [0.1, 0.15) is 0 Å². The quantitative estimate of drug-likeness (QED) is 0.596. The Bertz CT molecular complexity index is 820.